The Morgan fingerprint density at radius 1 is 1.28 bits per heavy atom. The molecule has 1 aliphatic heterocycles. The first-order chi connectivity index (χ1) is 17.2. The van der Waals surface area contributed by atoms with E-state index >= 15 is 0 Å². The molecule has 2 aromatic rings. The van der Waals surface area contributed by atoms with Crippen molar-refractivity contribution in [2.75, 3.05) is 17.3 Å². The number of aromatic nitrogens is 2. The first-order valence-electron chi connectivity index (χ1n) is 11.9. The Kier molecular flexibility index (Phi) is 7.52. The van der Waals surface area contributed by atoms with E-state index in [2.05, 4.69) is 37.0 Å². The number of ketones is 1. The number of benzene rings is 1. The number of thioether (sulfide) groups is 1. The third kappa shape index (κ3) is 5.04. The van der Waals surface area contributed by atoms with Gasteiger partial charge in [0.15, 0.2) is 10.1 Å². The number of hydrogen-bond acceptors (Lipinski definition) is 10. The minimum Gasteiger partial charge on any atom is -0.465 e. The molecule has 0 fully saturated rings. The van der Waals surface area contributed by atoms with Crippen molar-refractivity contribution in [3.8, 4) is 6.07 Å². The number of aryl methyl sites for hydroxylation is 1. The molecule has 0 spiro atoms. The Morgan fingerprint density at radius 3 is 2.64 bits per heavy atom. The van der Waals surface area contributed by atoms with Crippen LogP contribution in [0.2, 0.25) is 0 Å². The molecule has 2 N–H and O–H groups in total. The number of hydrogen-bond donors (Lipinski definition) is 1. The van der Waals surface area contributed by atoms with Crippen LogP contribution in [-0.2, 0) is 20.7 Å². The monoisotopic (exact) mass is 523 g/mol. The minimum atomic E-state index is -0.527. The largest absolute Gasteiger partial charge is 0.465 e. The van der Waals surface area contributed by atoms with Gasteiger partial charge in [-0.2, -0.15) is 5.26 Å². The van der Waals surface area contributed by atoms with Crippen LogP contribution < -0.4 is 10.6 Å². The molecule has 1 unspecified atom stereocenters. The highest BCUT2D eigenvalue weighted by molar-refractivity contribution is 8.01. The molecule has 1 aromatic heterocycles. The summed E-state index contributed by atoms with van der Waals surface area (Å²) in [4.78, 5) is 27.1. The number of nitrogens with zero attached hydrogens (tertiary/aromatic N) is 4. The van der Waals surface area contributed by atoms with Crippen molar-refractivity contribution in [3.63, 3.8) is 0 Å². The third-order valence-corrected chi connectivity index (χ3v) is 8.32. The van der Waals surface area contributed by atoms with Gasteiger partial charge in [0.05, 0.1) is 29.9 Å². The molecule has 0 amide bonds. The van der Waals surface area contributed by atoms with Gasteiger partial charge in [0.25, 0.3) is 0 Å². The van der Waals surface area contributed by atoms with E-state index in [1.165, 1.54) is 28.7 Å². The summed E-state index contributed by atoms with van der Waals surface area (Å²) in [5.41, 5.74) is 10.1. The van der Waals surface area contributed by atoms with E-state index < -0.39 is 5.92 Å². The van der Waals surface area contributed by atoms with Gasteiger partial charge in [-0.1, -0.05) is 68.1 Å². The number of nitrogens with two attached hydrogens (primary N) is 1. The van der Waals surface area contributed by atoms with Gasteiger partial charge in [0.1, 0.15) is 5.82 Å². The van der Waals surface area contributed by atoms with Crippen LogP contribution in [0.5, 0.6) is 0 Å². The zero-order valence-electron chi connectivity index (χ0n) is 20.8. The number of allylic oxidation sites excluding steroid dienone is 3. The predicted octanol–water partition coefficient (Wildman–Crippen LogP) is 4.70. The summed E-state index contributed by atoms with van der Waals surface area (Å²) in [7, 11) is 0. The van der Waals surface area contributed by atoms with E-state index in [0.29, 0.717) is 40.1 Å². The van der Waals surface area contributed by atoms with Crippen molar-refractivity contribution >= 4 is 40.0 Å². The summed E-state index contributed by atoms with van der Waals surface area (Å²) in [5, 5.41) is 19.2. The number of anilines is 1. The van der Waals surface area contributed by atoms with Crippen molar-refractivity contribution in [1.82, 2.24) is 10.2 Å². The zero-order valence-corrected chi connectivity index (χ0v) is 22.5. The van der Waals surface area contributed by atoms with Gasteiger partial charge < -0.3 is 10.5 Å². The molecule has 188 valence electrons. The van der Waals surface area contributed by atoms with E-state index in [0.717, 1.165) is 17.7 Å². The number of esters is 1. The standard InChI is InChI=1S/C26H29N5O3S2/c1-5-15-7-9-16(10-8-15)21-17(13-27)23(28)31(18-11-26(3,4)12-19(32)22(18)21)24-29-30-25(36-24)35-14-20(33)34-6-2/h7-10,21H,5-6,11-12,14,28H2,1-4H3. The van der Waals surface area contributed by atoms with E-state index in [-0.39, 0.29) is 28.7 Å². The Morgan fingerprint density at radius 2 is 2.00 bits per heavy atom. The Balaban J connectivity index is 1.80. The first-order valence-corrected chi connectivity index (χ1v) is 13.7. The highest BCUT2D eigenvalue weighted by Crippen LogP contribution is 2.50. The van der Waals surface area contributed by atoms with Crippen molar-refractivity contribution in [2.45, 2.75) is 57.2 Å². The van der Waals surface area contributed by atoms with E-state index in [1.54, 1.807) is 11.8 Å². The average molecular weight is 524 g/mol. The first kappa shape index (κ1) is 25.9. The van der Waals surface area contributed by atoms with Gasteiger partial charge >= 0.3 is 5.97 Å². The highest BCUT2D eigenvalue weighted by atomic mass is 32.2. The van der Waals surface area contributed by atoms with Gasteiger partial charge in [0, 0.05) is 17.7 Å². The molecular weight excluding hydrogens is 494 g/mol. The lowest BCUT2D eigenvalue weighted by Gasteiger charge is -2.42. The summed E-state index contributed by atoms with van der Waals surface area (Å²) in [6.45, 7) is 8.26. The fourth-order valence-electron chi connectivity index (χ4n) is 4.68. The fraction of sp³-hybridized carbons (Fsp3) is 0.423. The second-order valence-corrected chi connectivity index (χ2v) is 11.7. The molecule has 2 heterocycles. The molecular formula is C26H29N5O3S2. The van der Waals surface area contributed by atoms with Gasteiger partial charge in [-0.3, -0.25) is 14.5 Å². The zero-order chi connectivity index (χ0) is 26.0. The van der Waals surface area contributed by atoms with E-state index in [4.69, 9.17) is 10.5 Å². The van der Waals surface area contributed by atoms with Gasteiger partial charge in [-0.05, 0) is 36.3 Å². The molecule has 8 nitrogen and oxygen atoms in total. The van der Waals surface area contributed by atoms with Gasteiger partial charge in [-0.25, -0.2) is 0 Å². The molecule has 36 heavy (non-hydrogen) atoms. The lowest BCUT2D eigenvalue weighted by Crippen LogP contribution is -2.42. The fourth-order valence-corrected chi connectivity index (χ4v) is 6.36. The molecule has 0 radical (unpaired) electrons. The molecule has 1 atom stereocenters. The number of nitriles is 1. The minimum absolute atomic E-state index is 0.0116. The molecule has 1 aliphatic carbocycles. The summed E-state index contributed by atoms with van der Waals surface area (Å²) in [5.74, 6) is -0.472. The Labute approximate surface area is 219 Å². The highest BCUT2D eigenvalue weighted by Gasteiger charge is 2.45. The molecule has 0 saturated heterocycles. The molecule has 1 aromatic carbocycles. The van der Waals surface area contributed by atoms with Crippen molar-refractivity contribution in [2.24, 2.45) is 11.1 Å². The Bertz CT molecular complexity index is 1290. The maximum Gasteiger partial charge on any atom is 0.316 e. The van der Waals surface area contributed by atoms with Crippen LogP contribution in [0.1, 0.15) is 57.6 Å². The summed E-state index contributed by atoms with van der Waals surface area (Å²) >= 11 is 2.50. The number of ether oxygens (including phenoxy) is 1. The van der Waals surface area contributed by atoms with Crippen LogP contribution in [-0.4, -0.2) is 34.3 Å². The quantitative estimate of drug-likeness (QED) is 0.406. The maximum atomic E-state index is 13.6. The Hall–Kier alpha value is -3.16. The SMILES string of the molecule is CCOC(=O)CSc1nnc(N2C(N)=C(C#N)C(c3ccc(CC)cc3)C3=C2CC(C)(C)CC3=O)s1. The smallest absolute Gasteiger partial charge is 0.316 e. The number of rotatable bonds is 7. The van der Waals surface area contributed by atoms with Crippen LogP contribution in [0.25, 0.3) is 0 Å². The van der Waals surface area contributed by atoms with Crippen LogP contribution in [0.15, 0.2) is 51.3 Å². The number of carbonyl (C=O) groups is 2. The summed E-state index contributed by atoms with van der Waals surface area (Å²) in [6, 6.07) is 10.3. The molecule has 2 aliphatic rings. The third-order valence-electron chi connectivity index (χ3n) is 6.31. The number of carbonyl (C=O) groups excluding carboxylic acids is 2. The van der Waals surface area contributed by atoms with Gasteiger partial charge in [0.2, 0.25) is 5.13 Å². The van der Waals surface area contributed by atoms with E-state index in [9.17, 15) is 14.9 Å². The van der Waals surface area contributed by atoms with Crippen molar-refractivity contribution in [1.29, 1.82) is 5.26 Å². The van der Waals surface area contributed by atoms with Gasteiger partial charge in [-0.15, -0.1) is 10.2 Å². The maximum absolute atomic E-state index is 13.6. The predicted molar refractivity (Wildman–Crippen MR) is 140 cm³/mol. The normalized spacial score (nSPS) is 19.2. The van der Waals surface area contributed by atoms with Crippen molar-refractivity contribution < 1.29 is 14.3 Å². The second-order valence-electron chi connectivity index (χ2n) is 9.52. The van der Waals surface area contributed by atoms with E-state index in [1.807, 2.05) is 24.3 Å². The van der Waals surface area contributed by atoms with Crippen LogP contribution >= 0.6 is 23.1 Å². The lowest BCUT2D eigenvalue weighted by molar-refractivity contribution is -0.139. The molecule has 10 heteroatoms. The van der Waals surface area contributed by atoms with Crippen LogP contribution in [0, 0.1) is 16.7 Å². The molecule has 0 saturated carbocycles. The molecule has 4 rings (SSSR count). The lowest BCUT2D eigenvalue weighted by atomic mass is 9.68. The summed E-state index contributed by atoms with van der Waals surface area (Å²) in [6.07, 6.45) is 1.89. The average Bonchev–Trinajstić information content (AvgIpc) is 3.30. The second kappa shape index (κ2) is 10.4. The van der Waals surface area contributed by atoms with Crippen LogP contribution in [0.4, 0.5) is 5.13 Å². The topological polar surface area (TPSA) is 122 Å². The van der Waals surface area contributed by atoms with Crippen LogP contribution in [0.3, 0.4) is 0 Å². The summed E-state index contributed by atoms with van der Waals surface area (Å²) < 4.78 is 5.56. The number of Topliss-reactive ketones (excluding diaryl/α,β-unsaturated/α-hetero) is 1. The van der Waals surface area contributed by atoms with Crippen molar-refractivity contribution in [3.05, 3.63) is 58.1 Å². The molecule has 0 bridgehead atoms.